The highest BCUT2D eigenvalue weighted by atomic mass is 32.2. The van der Waals surface area contributed by atoms with E-state index in [1.54, 1.807) is 6.33 Å². The van der Waals surface area contributed by atoms with Crippen LogP contribution in [0.2, 0.25) is 0 Å². The Morgan fingerprint density at radius 2 is 2.17 bits per heavy atom. The van der Waals surface area contributed by atoms with Gasteiger partial charge < -0.3 is 10.1 Å². The van der Waals surface area contributed by atoms with Crippen LogP contribution < -0.4 is 10.1 Å². The van der Waals surface area contributed by atoms with Crippen LogP contribution in [0, 0.1) is 0 Å². The van der Waals surface area contributed by atoms with Gasteiger partial charge in [0.05, 0.1) is 6.61 Å². The van der Waals surface area contributed by atoms with Crippen LogP contribution in [-0.2, 0) is 0 Å². The van der Waals surface area contributed by atoms with Crippen LogP contribution in [0.3, 0.4) is 0 Å². The van der Waals surface area contributed by atoms with Crippen molar-refractivity contribution in [2.75, 3.05) is 30.5 Å². The molecule has 0 spiro atoms. The fourth-order valence-electron chi connectivity index (χ4n) is 1.49. The van der Waals surface area contributed by atoms with Crippen molar-refractivity contribution in [2.45, 2.75) is 32.6 Å². The molecular formula is C13H23N3OS. The molecule has 1 aromatic heterocycles. The third-order valence-electron chi connectivity index (χ3n) is 2.43. The van der Waals surface area contributed by atoms with E-state index in [2.05, 4.69) is 28.5 Å². The molecule has 102 valence electrons. The summed E-state index contributed by atoms with van der Waals surface area (Å²) in [5.74, 6) is 2.75. The van der Waals surface area contributed by atoms with Gasteiger partial charge in [-0.2, -0.15) is 11.8 Å². The van der Waals surface area contributed by atoms with Crippen LogP contribution in [0.25, 0.3) is 0 Å². The molecule has 18 heavy (non-hydrogen) atoms. The lowest BCUT2D eigenvalue weighted by atomic mass is 10.2. The van der Waals surface area contributed by atoms with Gasteiger partial charge in [0.25, 0.3) is 0 Å². The summed E-state index contributed by atoms with van der Waals surface area (Å²) in [7, 11) is 0. The van der Waals surface area contributed by atoms with E-state index in [1.165, 1.54) is 25.0 Å². The summed E-state index contributed by atoms with van der Waals surface area (Å²) in [4.78, 5) is 8.24. The van der Waals surface area contributed by atoms with Gasteiger partial charge in [0.15, 0.2) is 0 Å². The fraction of sp³-hybridized carbons (Fsp3) is 0.692. The van der Waals surface area contributed by atoms with E-state index in [0.29, 0.717) is 12.5 Å². The number of nitrogens with one attached hydrogen (secondary N) is 1. The van der Waals surface area contributed by atoms with Crippen molar-refractivity contribution in [3.05, 3.63) is 12.4 Å². The molecule has 0 unspecified atom stereocenters. The van der Waals surface area contributed by atoms with Crippen LogP contribution in [0.15, 0.2) is 12.4 Å². The quantitative estimate of drug-likeness (QED) is 0.661. The molecule has 1 aromatic rings. The number of aromatic nitrogens is 2. The Morgan fingerprint density at radius 1 is 1.28 bits per heavy atom. The number of thioether (sulfide) groups is 1. The highest BCUT2D eigenvalue weighted by Crippen LogP contribution is 2.11. The van der Waals surface area contributed by atoms with E-state index in [4.69, 9.17) is 4.74 Å². The maximum Gasteiger partial charge on any atom is 0.218 e. The highest BCUT2D eigenvalue weighted by Gasteiger charge is 1.98. The van der Waals surface area contributed by atoms with E-state index in [-0.39, 0.29) is 0 Å². The first kappa shape index (κ1) is 15.1. The zero-order valence-electron chi connectivity index (χ0n) is 11.3. The Bertz CT molecular complexity index is 323. The third-order valence-corrected chi connectivity index (χ3v) is 3.12. The fourth-order valence-corrected chi connectivity index (χ4v) is 1.98. The molecule has 0 saturated carbocycles. The number of anilines is 1. The molecule has 0 saturated heterocycles. The molecule has 0 radical (unpaired) electrons. The Labute approximate surface area is 114 Å². The molecule has 4 nitrogen and oxygen atoms in total. The monoisotopic (exact) mass is 269 g/mol. The maximum absolute atomic E-state index is 5.46. The van der Waals surface area contributed by atoms with Gasteiger partial charge in [-0.3, -0.25) is 0 Å². The number of ether oxygens (including phenoxy) is 1. The summed E-state index contributed by atoms with van der Waals surface area (Å²) in [5, 5.41) is 3.30. The lowest BCUT2D eigenvalue weighted by Crippen LogP contribution is -2.05. The second kappa shape index (κ2) is 10.00. The Morgan fingerprint density at radius 3 is 2.94 bits per heavy atom. The Hall–Kier alpha value is -0.970. The number of unbranched alkanes of at least 4 members (excludes halogenated alkanes) is 2. The van der Waals surface area contributed by atoms with Crippen molar-refractivity contribution in [1.82, 2.24) is 9.97 Å². The molecule has 0 amide bonds. The predicted octanol–water partition coefficient (Wildman–Crippen LogP) is 3.21. The van der Waals surface area contributed by atoms with Gasteiger partial charge in [-0.1, -0.05) is 13.3 Å². The highest BCUT2D eigenvalue weighted by molar-refractivity contribution is 7.98. The zero-order chi connectivity index (χ0) is 13.1. The van der Waals surface area contributed by atoms with E-state index >= 15 is 0 Å². The number of nitrogens with zero attached hydrogens (tertiary/aromatic N) is 2. The first-order chi connectivity index (χ1) is 8.86. The second-order valence-electron chi connectivity index (χ2n) is 4.07. The molecule has 0 aliphatic rings. The van der Waals surface area contributed by atoms with E-state index in [1.807, 2.05) is 17.8 Å². The molecule has 0 aliphatic heterocycles. The molecule has 1 heterocycles. The molecule has 0 aliphatic carbocycles. The van der Waals surface area contributed by atoms with Gasteiger partial charge in [0.1, 0.15) is 12.1 Å². The number of rotatable bonds is 10. The van der Waals surface area contributed by atoms with Crippen LogP contribution in [0.5, 0.6) is 5.88 Å². The average Bonchev–Trinajstić information content (AvgIpc) is 2.41. The molecule has 1 N–H and O–H groups in total. The van der Waals surface area contributed by atoms with Crippen molar-refractivity contribution in [3.8, 4) is 5.88 Å². The van der Waals surface area contributed by atoms with Crippen LogP contribution in [0.4, 0.5) is 5.82 Å². The molecule has 5 heteroatoms. The standard InChI is InChI=1S/C13H23N3OS/c1-3-8-17-13-10-12(15-11-16-13)14-7-5-4-6-9-18-2/h10-11H,3-9H2,1-2H3,(H,14,15,16). The van der Waals surface area contributed by atoms with Crippen molar-refractivity contribution in [1.29, 1.82) is 0 Å². The van der Waals surface area contributed by atoms with E-state index in [0.717, 1.165) is 18.8 Å². The topological polar surface area (TPSA) is 47.0 Å². The summed E-state index contributed by atoms with van der Waals surface area (Å²) in [6.45, 7) is 3.73. The average molecular weight is 269 g/mol. The van der Waals surface area contributed by atoms with Crippen molar-refractivity contribution >= 4 is 17.6 Å². The van der Waals surface area contributed by atoms with Gasteiger partial charge >= 0.3 is 0 Å². The lowest BCUT2D eigenvalue weighted by molar-refractivity contribution is 0.305. The first-order valence-corrected chi connectivity index (χ1v) is 7.94. The second-order valence-corrected chi connectivity index (χ2v) is 5.06. The third kappa shape index (κ3) is 6.69. The first-order valence-electron chi connectivity index (χ1n) is 6.54. The number of hydrogen-bond acceptors (Lipinski definition) is 5. The van der Waals surface area contributed by atoms with Gasteiger partial charge in [-0.05, 0) is 31.3 Å². The number of hydrogen-bond donors (Lipinski definition) is 1. The smallest absolute Gasteiger partial charge is 0.218 e. The molecule has 0 fully saturated rings. The minimum absolute atomic E-state index is 0.650. The normalized spacial score (nSPS) is 10.3. The summed E-state index contributed by atoms with van der Waals surface area (Å²) in [5.41, 5.74) is 0. The van der Waals surface area contributed by atoms with Crippen LogP contribution in [-0.4, -0.2) is 35.1 Å². The predicted molar refractivity (Wildman–Crippen MR) is 78.5 cm³/mol. The summed E-state index contributed by atoms with van der Waals surface area (Å²) in [6, 6.07) is 1.86. The maximum atomic E-state index is 5.46. The van der Waals surface area contributed by atoms with Gasteiger partial charge in [-0.15, -0.1) is 0 Å². The van der Waals surface area contributed by atoms with E-state index < -0.39 is 0 Å². The molecule has 0 atom stereocenters. The van der Waals surface area contributed by atoms with Crippen molar-refractivity contribution in [2.24, 2.45) is 0 Å². The summed E-state index contributed by atoms with van der Waals surface area (Å²) >= 11 is 1.91. The van der Waals surface area contributed by atoms with Gasteiger partial charge in [0.2, 0.25) is 5.88 Å². The summed E-state index contributed by atoms with van der Waals surface area (Å²) < 4.78 is 5.46. The Balaban J connectivity index is 2.20. The largest absolute Gasteiger partial charge is 0.478 e. The molecule has 0 bridgehead atoms. The summed E-state index contributed by atoms with van der Waals surface area (Å²) in [6.07, 6.45) is 8.41. The lowest BCUT2D eigenvalue weighted by Gasteiger charge is -2.07. The molecule has 1 rings (SSSR count). The van der Waals surface area contributed by atoms with Crippen LogP contribution in [0.1, 0.15) is 32.6 Å². The zero-order valence-corrected chi connectivity index (χ0v) is 12.1. The Kier molecular flexibility index (Phi) is 8.38. The minimum atomic E-state index is 0.650. The minimum Gasteiger partial charge on any atom is -0.478 e. The van der Waals surface area contributed by atoms with Crippen molar-refractivity contribution < 1.29 is 4.74 Å². The van der Waals surface area contributed by atoms with Crippen molar-refractivity contribution in [3.63, 3.8) is 0 Å². The molecule has 0 aromatic carbocycles. The SMILES string of the molecule is CCCOc1cc(NCCCCCSC)ncn1. The van der Waals surface area contributed by atoms with Crippen LogP contribution >= 0.6 is 11.8 Å². The van der Waals surface area contributed by atoms with Gasteiger partial charge in [0, 0.05) is 12.6 Å². The van der Waals surface area contributed by atoms with E-state index in [9.17, 15) is 0 Å². The van der Waals surface area contributed by atoms with Gasteiger partial charge in [-0.25, -0.2) is 9.97 Å². The molecular weight excluding hydrogens is 246 g/mol.